The monoisotopic (exact) mass is 457 g/mol. The molecule has 2 heterocycles. The number of likely N-dealkylation sites (tertiary alicyclic amines) is 1. The maximum Gasteiger partial charge on any atom is 0.223 e. The number of para-hydroxylation sites is 1. The predicted octanol–water partition coefficient (Wildman–Crippen LogP) is 5.10. The molecule has 34 heavy (non-hydrogen) atoms. The summed E-state index contributed by atoms with van der Waals surface area (Å²) in [5.74, 6) is 1.04. The second-order valence-corrected chi connectivity index (χ2v) is 9.56. The molecule has 5 heteroatoms. The number of aryl methyl sites for hydroxylation is 1. The van der Waals surface area contributed by atoms with Crippen LogP contribution in [0.25, 0.3) is 0 Å². The van der Waals surface area contributed by atoms with Gasteiger partial charge >= 0.3 is 0 Å². The molecule has 178 valence electrons. The summed E-state index contributed by atoms with van der Waals surface area (Å²) >= 11 is 0. The van der Waals surface area contributed by atoms with Gasteiger partial charge < -0.3 is 9.64 Å². The third-order valence-electron chi connectivity index (χ3n) is 6.91. The van der Waals surface area contributed by atoms with E-state index in [-0.39, 0.29) is 11.3 Å². The third-order valence-corrected chi connectivity index (χ3v) is 6.91. The Morgan fingerprint density at radius 2 is 1.68 bits per heavy atom. The maximum absolute atomic E-state index is 13.3. The fourth-order valence-electron chi connectivity index (χ4n) is 4.61. The summed E-state index contributed by atoms with van der Waals surface area (Å²) < 4.78 is 6.22. The Balaban J connectivity index is 1.42. The van der Waals surface area contributed by atoms with Gasteiger partial charge in [0.25, 0.3) is 0 Å². The van der Waals surface area contributed by atoms with E-state index in [1.165, 1.54) is 5.56 Å². The van der Waals surface area contributed by atoms with Crippen LogP contribution in [-0.4, -0.2) is 47.4 Å². The van der Waals surface area contributed by atoms with Gasteiger partial charge in [-0.25, -0.2) is 0 Å². The Hall–Kier alpha value is -3.18. The van der Waals surface area contributed by atoms with Crippen molar-refractivity contribution in [1.82, 2.24) is 14.8 Å². The SMILES string of the molecule is Cc1cccnc1CN1CCC(COc2ccccc2)(CC(=O)N(C)Cc2ccccc2)CC1. The lowest BCUT2D eigenvalue weighted by Crippen LogP contribution is -2.45. The molecular formula is C29H35N3O2. The molecule has 1 amide bonds. The number of pyridine rings is 1. The number of ether oxygens (including phenoxy) is 1. The number of hydrogen-bond donors (Lipinski definition) is 0. The van der Waals surface area contributed by atoms with Crippen molar-refractivity contribution < 1.29 is 9.53 Å². The van der Waals surface area contributed by atoms with Crippen LogP contribution >= 0.6 is 0 Å². The molecule has 0 unspecified atom stereocenters. The lowest BCUT2D eigenvalue weighted by atomic mass is 9.75. The van der Waals surface area contributed by atoms with Gasteiger partial charge in [0.2, 0.25) is 5.91 Å². The van der Waals surface area contributed by atoms with Gasteiger partial charge in [-0.05, 0) is 62.2 Å². The molecule has 0 atom stereocenters. The van der Waals surface area contributed by atoms with Crippen LogP contribution in [-0.2, 0) is 17.9 Å². The molecule has 1 aromatic heterocycles. The van der Waals surface area contributed by atoms with Crippen molar-refractivity contribution in [1.29, 1.82) is 0 Å². The first kappa shape index (κ1) is 24.0. The molecular weight excluding hydrogens is 422 g/mol. The largest absolute Gasteiger partial charge is 0.493 e. The van der Waals surface area contributed by atoms with Gasteiger partial charge in [0, 0.05) is 38.2 Å². The van der Waals surface area contributed by atoms with Crippen molar-refractivity contribution >= 4 is 5.91 Å². The molecule has 0 spiro atoms. The van der Waals surface area contributed by atoms with Gasteiger partial charge in [-0.15, -0.1) is 0 Å². The highest BCUT2D eigenvalue weighted by Crippen LogP contribution is 2.37. The first-order chi connectivity index (χ1) is 16.5. The van der Waals surface area contributed by atoms with E-state index in [1.807, 2.05) is 72.7 Å². The van der Waals surface area contributed by atoms with E-state index in [0.717, 1.165) is 49.5 Å². The van der Waals surface area contributed by atoms with E-state index in [1.54, 1.807) is 0 Å². The Morgan fingerprint density at radius 1 is 1.00 bits per heavy atom. The molecule has 1 saturated heterocycles. The standard InChI is InChI=1S/C29H35N3O2/c1-24-10-9-17-30-27(24)22-32-18-15-29(16-19-32,23-34-26-13-7-4-8-14-26)20-28(33)31(2)21-25-11-5-3-6-12-25/h3-14,17H,15-16,18-23H2,1-2H3. The molecule has 2 aromatic carbocycles. The predicted molar refractivity (Wildman–Crippen MR) is 135 cm³/mol. The van der Waals surface area contributed by atoms with Crippen molar-refractivity contribution in [2.45, 2.75) is 39.3 Å². The van der Waals surface area contributed by atoms with Crippen LogP contribution in [0.1, 0.15) is 36.1 Å². The van der Waals surface area contributed by atoms with Crippen LogP contribution in [0.2, 0.25) is 0 Å². The number of benzene rings is 2. The van der Waals surface area contributed by atoms with Crippen LogP contribution < -0.4 is 4.74 Å². The van der Waals surface area contributed by atoms with E-state index >= 15 is 0 Å². The molecule has 1 fully saturated rings. The second kappa shape index (κ2) is 11.3. The fraction of sp³-hybridized carbons (Fsp3) is 0.379. The summed E-state index contributed by atoms with van der Waals surface area (Å²) in [6.07, 6.45) is 4.22. The van der Waals surface area contributed by atoms with Crippen LogP contribution in [0.5, 0.6) is 5.75 Å². The molecule has 1 aliphatic rings. The average Bonchev–Trinajstić information content (AvgIpc) is 2.87. The highest BCUT2D eigenvalue weighted by atomic mass is 16.5. The number of rotatable bonds is 9. The van der Waals surface area contributed by atoms with E-state index < -0.39 is 0 Å². The molecule has 0 N–H and O–H groups in total. The number of amides is 1. The van der Waals surface area contributed by atoms with E-state index in [2.05, 4.69) is 35.0 Å². The van der Waals surface area contributed by atoms with Gasteiger partial charge in [0.1, 0.15) is 5.75 Å². The molecule has 0 saturated carbocycles. The highest BCUT2D eigenvalue weighted by molar-refractivity contribution is 5.76. The summed E-state index contributed by atoms with van der Waals surface area (Å²) in [5.41, 5.74) is 3.33. The minimum absolute atomic E-state index is 0.173. The summed E-state index contributed by atoms with van der Waals surface area (Å²) in [4.78, 5) is 22.2. The molecule has 5 nitrogen and oxygen atoms in total. The van der Waals surface area contributed by atoms with E-state index in [0.29, 0.717) is 19.6 Å². The van der Waals surface area contributed by atoms with Crippen LogP contribution in [0.4, 0.5) is 0 Å². The molecule has 0 bridgehead atoms. The number of carbonyl (C=O) groups is 1. The zero-order valence-corrected chi connectivity index (χ0v) is 20.3. The van der Waals surface area contributed by atoms with E-state index in [4.69, 9.17) is 4.74 Å². The number of aromatic nitrogens is 1. The molecule has 4 rings (SSSR count). The molecule has 1 aliphatic heterocycles. The van der Waals surface area contributed by atoms with Gasteiger partial charge in [-0.2, -0.15) is 0 Å². The Kier molecular flexibility index (Phi) is 7.96. The summed E-state index contributed by atoms with van der Waals surface area (Å²) in [7, 11) is 1.90. The first-order valence-corrected chi connectivity index (χ1v) is 12.1. The first-order valence-electron chi connectivity index (χ1n) is 12.1. The Labute approximate surface area is 203 Å². The normalized spacial score (nSPS) is 15.6. The molecule has 0 radical (unpaired) electrons. The zero-order valence-electron chi connectivity index (χ0n) is 20.3. The second-order valence-electron chi connectivity index (χ2n) is 9.56. The van der Waals surface area contributed by atoms with Crippen LogP contribution in [0.3, 0.4) is 0 Å². The Morgan fingerprint density at radius 3 is 2.35 bits per heavy atom. The quantitative estimate of drug-likeness (QED) is 0.448. The number of nitrogens with zero attached hydrogens (tertiary/aromatic N) is 3. The summed E-state index contributed by atoms with van der Waals surface area (Å²) in [6.45, 7) is 6.02. The number of carbonyl (C=O) groups excluding carboxylic acids is 1. The highest BCUT2D eigenvalue weighted by Gasteiger charge is 2.38. The summed E-state index contributed by atoms with van der Waals surface area (Å²) in [6, 6.07) is 24.2. The van der Waals surface area contributed by atoms with Gasteiger partial charge in [0.15, 0.2) is 0 Å². The number of piperidine rings is 1. The van der Waals surface area contributed by atoms with Crippen LogP contribution in [0.15, 0.2) is 79.0 Å². The third kappa shape index (κ3) is 6.45. The van der Waals surface area contributed by atoms with Gasteiger partial charge in [-0.1, -0.05) is 54.6 Å². The van der Waals surface area contributed by atoms with Gasteiger partial charge in [0.05, 0.1) is 12.3 Å². The minimum Gasteiger partial charge on any atom is -0.493 e. The molecule has 0 aliphatic carbocycles. The van der Waals surface area contributed by atoms with Crippen LogP contribution in [0, 0.1) is 12.3 Å². The molecule has 3 aromatic rings. The smallest absolute Gasteiger partial charge is 0.223 e. The minimum atomic E-state index is -0.173. The number of hydrogen-bond acceptors (Lipinski definition) is 4. The van der Waals surface area contributed by atoms with Crippen molar-refractivity contribution in [2.24, 2.45) is 5.41 Å². The fourth-order valence-corrected chi connectivity index (χ4v) is 4.61. The summed E-state index contributed by atoms with van der Waals surface area (Å²) in [5, 5.41) is 0. The Bertz CT molecular complexity index is 1050. The van der Waals surface area contributed by atoms with Crippen molar-refractivity contribution in [2.75, 3.05) is 26.7 Å². The lowest BCUT2D eigenvalue weighted by Gasteiger charge is -2.42. The van der Waals surface area contributed by atoms with E-state index in [9.17, 15) is 4.79 Å². The van der Waals surface area contributed by atoms with Crippen molar-refractivity contribution in [3.05, 3.63) is 95.8 Å². The topological polar surface area (TPSA) is 45.7 Å². The zero-order chi connectivity index (χ0) is 23.8. The lowest BCUT2D eigenvalue weighted by molar-refractivity contribution is -0.134. The van der Waals surface area contributed by atoms with Crippen molar-refractivity contribution in [3.63, 3.8) is 0 Å². The van der Waals surface area contributed by atoms with Gasteiger partial charge in [-0.3, -0.25) is 14.7 Å². The average molecular weight is 458 g/mol. The van der Waals surface area contributed by atoms with Crippen molar-refractivity contribution in [3.8, 4) is 5.75 Å². The maximum atomic E-state index is 13.3.